The van der Waals surface area contributed by atoms with Gasteiger partial charge < -0.3 is 15.7 Å². The molecule has 1 aliphatic heterocycles. The summed E-state index contributed by atoms with van der Waals surface area (Å²) in [6, 6.07) is 15.1. The number of fused-ring (bicyclic) bond motifs is 2. The van der Waals surface area contributed by atoms with Crippen molar-refractivity contribution in [3.8, 4) is 11.4 Å². The molecule has 4 aromatic heterocycles. The number of aromatic nitrogens is 5. The maximum Gasteiger partial charge on any atom is 0.164 e. The van der Waals surface area contributed by atoms with Crippen LogP contribution >= 0.6 is 0 Å². The first kappa shape index (κ1) is 24.8. The van der Waals surface area contributed by atoms with Gasteiger partial charge in [0, 0.05) is 29.9 Å². The summed E-state index contributed by atoms with van der Waals surface area (Å²) in [4.78, 5) is 23.5. The van der Waals surface area contributed by atoms with Gasteiger partial charge in [-0.2, -0.15) is 0 Å². The second-order valence-electron chi connectivity index (χ2n) is 10.5. The van der Waals surface area contributed by atoms with E-state index in [1.807, 2.05) is 54.7 Å². The van der Waals surface area contributed by atoms with Gasteiger partial charge in [0.05, 0.1) is 34.8 Å². The van der Waals surface area contributed by atoms with Crippen molar-refractivity contribution in [1.29, 1.82) is 0 Å². The van der Waals surface area contributed by atoms with E-state index in [0.29, 0.717) is 54.2 Å². The van der Waals surface area contributed by atoms with Gasteiger partial charge in [0.1, 0.15) is 11.6 Å². The number of rotatable bonds is 6. The number of piperidine rings is 1. The Morgan fingerprint density at radius 2 is 1.82 bits per heavy atom. The molecule has 5 heterocycles. The number of pyridine rings is 3. The van der Waals surface area contributed by atoms with E-state index in [0.717, 1.165) is 45.3 Å². The zero-order valence-corrected chi connectivity index (χ0v) is 21.9. The standard InChI is InChI=1S/C30H30N8O2/c39-25-17-31-12-11-24(25)38(40)30-28-21(18-5-3-6-18)15-32-16-23(28)35-29(37-30)20-10-13-33-27(14-20)36-26-9-8-19-4-1-2-7-22(19)34-26/h1-2,4,7-10,13-16,18,24-25,31,39-40H,3,5-6,11-12,17H2,(H,33,34,36)/t24-,25+/m1/s1. The van der Waals surface area contributed by atoms with Gasteiger partial charge in [-0.25, -0.2) is 25.0 Å². The fraction of sp³-hybridized carbons (Fsp3) is 0.300. The fourth-order valence-electron chi connectivity index (χ4n) is 5.59. The molecule has 2 atom stereocenters. The SMILES string of the molecule is O[C@H]1CNCC[C@H]1N(O)c1nc(-c2ccnc(Nc3ccc4ccccc4n3)c2)nc2cncc(C3CCC3)c12. The summed E-state index contributed by atoms with van der Waals surface area (Å²) in [7, 11) is 0. The zero-order valence-electron chi connectivity index (χ0n) is 21.9. The van der Waals surface area contributed by atoms with Gasteiger partial charge in [-0.1, -0.05) is 24.6 Å². The van der Waals surface area contributed by atoms with E-state index >= 15 is 0 Å². The molecule has 1 saturated heterocycles. The van der Waals surface area contributed by atoms with E-state index < -0.39 is 12.1 Å². The number of benzene rings is 1. The quantitative estimate of drug-likeness (QED) is 0.230. The average molecular weight is 535 g/mol. The largest absolute Gasteiger partial charge is 0.390 e. The third-order valence-electron chi connectivity index (χ3n) is 7.98. The van der Waals surface area contributed by atoms with Gasteiger partial charge in [0.15, 0.2) is 11.6 Å². The minimum Gasteiger partial charge on any atom is -0.390 e. The van der Waals surface area contributed by atoms with Crippen molar-refractivity contribution < 1.29 is 10.3 Å². The maximum absolute atomic E-state index is 11.5. The van der Waals surface area contributed by atoms with Crippen molar-refractivity contribution in [1.82, 2.24) is 30.2 Å². The van der Waals surface area contributed by atoms with Crippen LogP contribution in [-0.2, 0) is 0 Å². The first-order valence-electron chi connectivity index (χ1n) is 13.8. The Balaban J connectivity index is 1.29. The maximum atomic E-state index is 11.5. The van der Waals surface area contributed by atoms with Gasteiger partial charge in [0.25, 0.3) is 0 Å². The Kier molecular flexibility index (Phi) is 6.43. The Morgan fingerprint density at radius 1 is 0.925 bits per heavy atom. The van der Waals surface area contributed by atoms with E-state index in [-0.39, 0.29) is 0 Å². The highest BCUT2D eigenvalue weighted by Crippen LogP contribution is 2.42. The van der Waals surface area contributed by atoms with E-state index in [9.17, 15) is 10.3 Å². The van der Waals surface area contributed by atoms with Gasteiger partial charge in [-0.3, -0.25) is 10.2 Å². The van der Waals surface area contributed by atoms with Gasteiger partial charge in [-0.05, 0) is 67.6 Å². The summed E-state index contributed by atoms with van der Waals surface area (Å²) in [5, 5.41) is 31.7. The molecule has 40 heavy (non-hydrogen) atoms. The highest BCUT2D eigenvalue weighted by molar-refractivity contribution is 5.93. The number of anilines is 3. The van der Waals surface area contributed by atoms with Crippen LogP contribution in [0.5, 0.6) is 0 Å². The van der Waals surface area contributed by atoms with Crippen LogP contribution in [0.15, 0.2) is 67.1 Å². The topological polar surface area (TPSA) is 132 Å². The summed E-state index contributed by atoms with van der Waals surface area (Å²) >= 11 is 0. The lowest BCUT2D eigenvalue weighted by Crippen LogP contribution is -2.52. The molecule has 0 amide bonds. The molecule has 0 bridgehead atoms. The molecule has 0 radical (unpaired) electrons. The zero-order chi connectivity index (χ0) is 27.1. The second kappa shape index (κ2) is 10.4. The predicted molar refractivity (Wildman–Crippen MR) is 154 cm³/mol. The van der Waals surface area contributed by atoms with E-state index in [1.165, 1.54) is 6.42 Å². The van der Waals surface area contributed by atoms with Crippen molar-refractivity contribution in [2.75, 3.05) is 23.5 Å². The molecular weight excluding hydrogens is 504 g/mol. The normalized spacial score (nSPS) is 19.4. The Morgan fingerprint density at radius 3 is 2.67 bits per heavy atom. The Hall–Kier alpha value is -4.25. The Bertz CT molecular complexity index is 1690. The van der Waals surface area contributed by atoms with Gasteiger partial charge in [-0.15, -0.1) is 0 Å². The highest BCUT2D eigenvalue weighted by Gasteiger charge is 2.32. The fourth-order valence-corrected chi connectivity index (χ4v) is 5.59. The van der Waals surface area contributed by atoms with Crippen LogP contribution in [0.25, 0.3) is 33.2 Å². The van der Waals surface area contributed by atoms with Crippen LogP contribution in [0.2, 0.25) is 0 Å². The van der Waals surface area contributed by atoms with Crippen molar-refractivity contribution in [3.63, 3.8) is 0 Å². The number of aliphatic hydroxyl groups excluding tert-OH is 1. The molecule has 7 rings (SSSR count). The van der Waals surface area contributed by atoms with Crippen LogP contribution in [0.1, 0.15) is 37.2 Å². The molecule has 2 fully saturated rings. The van der Waals surface area contributed by atoms with Gasteiger partial charge in [0.2, 0.25) is 0 Å². The number of hydroxylamine groups is 1. The predicted octanol–water partition coefficient (Wildman–Crippen LogP) is 4.56. The lowest BCUT2D eigenvalue weighted by Gasteiger charge is -2.35. The first-order chi connectivity index (χ1) is 19.6. The molecule has 202 valence electrons. The van der Waals surface area contributed by atoms with E-state index in [4.69, 9.17) is 15.0 Å². The van der Waals surface area contributed by atoms with Gasteiger partial charge >= 0.3 is 0 Å². The highest BCUT2D eigenvalue weighted by atomic mass is 16.5. The Labute approximate surface area is 231 Å². The molecule has 0 unspecified atom stereocenters. The van der Waals surface area contributed by atoms with E-state index in [2.05, 4.69) is 20.6 Å². The smallest absolute Gasteiger partial charge is 0.164 e. The summed E-state index contributed by atoms with van der Waals surface area (Å²) in [6.07, 6.45) is 8.47. The van der Waals surface area contributed by atoms with E-state index in [1.54, 1.807) is 12.4 Å². The number of para-hydroxylation sites is 1. The van der Waals surface area contributed by atoms with Crippen molar-refractivity contribution >= 4 is 39.3 Å². The van der Waals surface area contributed by atoms with Crippen LogP contribution in [-0.4, -0.2) is 60.5 Å². The molecule has 4 N–H and O–H groups in total. The first-order valence-corrected chi connectivity index (χ1v) is 13.8. The average Bonchev–Trinajstić information content (AvgIpc) is 2.96. The third kappa shape index (κ3) is 4.60. The molecule has 10 nitrogen and oxygen atoms in total. The molecule has 10 heteroatoms. The van der Waals surface area contributed by atoms with Crippen molar-refractivity contribution in [2.24, 2.45) is 0 Å². The number of nitrogens with one attached hydrogen (secondary N) is 2. The minimum atomic E-state index is -0.729. The molecular formula is C30H30N8O2. The van der Waals surface area contributed by atoms with Crippen LogP contribution in [0, 0.1) is 0 Å². The number of aliphatic hydroxyl groups is 1. The molecule has 5 aromatic rings. The van der Waals surface area contributed by atoms with Crippen molar-refractivity contribution in [2.45, 2.75) is 43.7 Å². The molecule has 1 saturated carbocycles. The summed E-state index contributed by atoms with van der Waals surface area (Å²) in [5.41, 5.74) is 3.33. The van der Waals surface area contributed by atoms with Crippen LogP contribution in [0.4, 0.5) is 17.5 Å². The van der Waals surface area contributed by atoms with Crippen molar-refractivity contribution in [3.05, 3.63) is 72.7 Å². The second-order valence-corrected chi connectivity index (χ2v) is 10.5. The number of β-amino-alcohol motifs (C(OH)–C–C–N with tert-alkyl or cyclic N) is 1. The minimum absolute atomic E-state index is 0.363. The lowest BCUT2D eigenvalue weighted by atomic mass is 9.79. The summed E-state index contributed by atoms with van der Waals surface area (Å²) in [6.45, 7) is 1.12. The third-order valence-corrected chi connectivity index (χ3v) is 7.98. The summed E-state index contributed by atoms with van der Waals surface area (Å²) < 4.78 is 0. The molecule has 2 aliphatic rings. The number of hydrogen-bond acceptors (Lipinski definition) is 10. The number of hydrogen-bond donors (Lipinski definition) is 4. The molecule has 1 aliphatic carbocycles. The molecule has 0 spiro atoms. The van der Waals surface area contributed by atoms with Crippen LogP contribution < -0.4 is 15.7 Å². The van der Waals surface area contributed by atoms with Crippen LogP contribution in [0.3, 0.4) is 0 Å². The monoisotopic (exact) mass is 534 g/mol. The summed E-state index contributed by atoms with van der Waals surface area (Å²) in [5.74, 6) is 2.48. The number of nitrogens with zero attached hydrogens (tertiary/aromatic N) is 6. The lowest BCUT2D eigenvalue weighted by molar-refractivity contribution is 0.0679. The molecule has 1 aromatic carbocycles.